The van der Waals surface area contributed by atoms with Crippen LogP contribution >= 0.6 is 11.6 Å². The number of hydrogen-bond donors (Lipinski definition) is 1. The fourth-order valence-electron chi connectivity index (χ4n) is 2.68. The Labute approximate surface area is 173 Å². The third-order valence-corrected chi connectivity index (χ3v) is 5.24. The first-order chi connectivity index (χ1) is 13.7. The number of ether oxygens (including phenoxy) is 1. The molecule has 0 saturated heterocycles. The van der Waals surface area contributed by atoms with E-state index in [9.17, 15) is 17.2 Å². The molecule has 3 rings (SSSR count). The second kappa shape index (κ2) is 9.35. The van der Waals surface area contributed by atoms with Gasteiger partial charge in [0.25, 0.3) is 0 Å². The van der Waals surface area contributed by atoms with Gasteiger partial charge in [-0.3, -0.25) is 0 Å². The average molecular weight is 440 g/mol. The molecule has 0 unspecified atom stereocenters. The van der Waals surface area contributed by atoms with Crippen LogP contribution in [-0.2, 0) is 10.0 Å². The number of nitrogens with two attached hydrogens (primary N) is 1. The molecule has 0 radical (unpaired) electrons. The van der Waals surface area contributed by atoms with Crippen molar-refractivity contribution in [1.82, 2.24) is 0 Å². The Balaban J connectivity index is 0.00000145. The molecule has 0 heterocycles. The molecule has 8 heteroatoms. The molecule has 0 aliphatic rings. The smallest absolute Gasteiger partial charge is 0.238 e. The van der Waals surface area contributed by atoms with Gasteiger partial charge in [0.05, 0.1) is 17.0 Å². The first kappa shape index (κ1) is 22.8. The van der Waals surface area contributed by atoms with Gasteiger partial charge in [0.2, 0.25) is 10.0 Å². The summed E-state index contributed by atoms with van der Waals surface area (Å²) in [6.45, 7) is 4.00. The maximum absolute atomic E-state index is 13.9. The van der Waals surface area contributed by atoms with Crippen LogP contribution < -0.4 is 9.88 Å². The molecule has 154 valence electrons. The van der Waals surface area contributed by atoms with Gasteiger partial charge in [-0.2, -0.15) is 0 Å². The topological polar surface area (TPSA) is 69.4 Å². The van der Waals surface area contributed by atoms with Crippen LogP contribution in [0, 0.1) is 11.6 Å². The lowest BCUT2D eigenvalue weighted by Crippen LogP contribution is -2.11. The number of hydrogen-bond acceptors (Lipinski definition) is 3. The lowest BCUT2D eigenvalue weighted by atomic mass is 9.94. The van der Waals surface area contributed by atoms with E-state index in [1.807, 2.05) is 13.8 Å². The molecule has 0 aliphatic carbocycles. The minimum atomic E-state index is -3.86. The van der Waals surface area contributed by atoms with Crippen molar-refractivity contribution in [2.75, 3.05) is 7.11 Å². The van der Waals surface area contributed by atoms with Gasteiger partial charge in [0.15, 0.2) is 11.6 Å². The van der Waals surface area contributed by atoms with Gasteiger partial charge < -0.3 is 4.74 Å². The highest BCUT2D eigenvalue weighted by molar-refractivity contribution is 7.89. The Bertz CT molecular complexity index is 1120. The van der Waals surface area contributed by atoms with Crippen molar-refractivity contribution in [3.8, 4) is 28.0 Å². The van der Waals surface area contributed by atoms with Crippen LogP contribution in [0.3, 0.4) is 0 Å². The third-order valence-electron chi connectivity index (χ3n) is 4.02. The van der Waals surface area contributed by atoms with Crippen molar-refractivity contribution < 1.29 is 21.9 Å². The van der Waals surface area contributed by atoms with E-state index in [-0.39, 0.29) is 4.90 Å². The van der Waals surface area contributed by atoms with Gasteiger partial charge in [-0.25, -0.2) is 22.3 Å². The molecule has 0 aromatic heterocycles. The molecule has 0 bridgehead atoms. The third kappa shape index (κ3) is 5.12. The molecule has 0 saturated carbocycles. The molecule has 29 heavy (non-hydrogen) atoms. The highest BCUT2D eigenvalue weighted by Crippen LogP contribution is 2.37. The molecule has 0 fully saturated rings. The van der Waals surface area contributed by atoms with Crippen LogP contribution in [0.2, 0.25) is 5.02 Å². The first-order valence-corrected chi connectivity index (χ1v) is 10.6. The van der Waals surface area contributed by atoms with Crippen LogP contribution in [0.5, 0.6) is 5.75 Å². The minimum Gasteiger partial charge on any atom is -0.495 e. The molecule has 0 amide bonds. The summed E-state index contributed by atoms with van der Waals surface area (Å²) < 4.78 is 55.7. The average Bonchev–Trinajstić information content (AvgIpc) is 2.70. The zero-order valence-electron chi connectivity index (χ0n) is 16.0. The van der Waals surface area contributed by atoms with Gasteiger partial charge in [-0.1, -0.05) is 43.6 Å². The molecule has 0 atom stereocenters. The second-order valence-corrected chi connectivity index (χ2v) is 7.70. The van der Waals surface area contributed by atoms with Crippen molar-refractivity contribution in [2.24, 2.45) is 5.14 Å². The van der Waals surface area contributed by atoms with Crippen LogP contribution in [0.1, 0.15) is 13.8 Å². The Hall–Kier alpha value is -2.48. The van der Waals surface area contributed by atoms with Crippen LogP contribution in [0.4, 0.5) is 8.78 Å². The lowest BCUT2D eigenvalue weighted by molar-refractivity contribution is 0.415. The summed E-state index contributed by atoms with van der Waals surface area (Å²) in [6.07, 6.45) is 0. The van der Waals surface area contributed by atoms with E-state index < -0.39 is 21.7 Å². The summed E-state index contributed by atoms with van der Waals surface area (Å²) in [5.41, 5.74) is 1.80. The van der Waals surface area contributed by atoms with E-state index in [0.29, 0.717) is 33.0 Å². The predicted octanol–water partition coefficient (Wildman–Crippen LogP) is 5.63. The zero-order chi connectivity index (χ0) is 21.8. The second-order valence-electron chi connectivity index (χ2n) is 5.73. The quantitative estimate of drug-likeness (QED) is 0.572. The molecular formula is C21H20ClF2NO3S. The van der Waals surface area contributed by atoms with E-state index in [4.69, 9.17) is 21.5 Å². The molecule has 0 aliphatic heterocycles. The maximum Gasteiger partial charge on any atom is 0.238 e. The minimum absolute atomic E-state index is 0.0807. The zero-order valence-corrected chi connectivity index (χ0v) is 17.6. The monoisotopic (exact) mass is 439 g/mol. The fraction of sp³-hybridized carbons (Fsp3) is 0.143. The summed E-state index contributed by atoms with van der Waals surface area (Å²) in [7, 11) is -2.39. The van der Waals surface area contributed by atoms with Gasteiger partial charge in [0.1, 0.15) is 5.75 Å². The Kier molecular flexibility index (Phi) is 7.35. The lowest BCUT2D eigenvalue weighted by Gasteiger charge is -2.13. The Morgan fingerprint density at radius 3 is 1.79 bits per heavy atom. The van der Waals surface area contributed by atoms with Crippen LogP contribution in [0.15, 0.2) is 59.5 Å². The van der Waals surface area contributed by atoms with E-state index in [2.05, 4.69) is 0 Å². The molecule has 3 aromatic rings. The van der Waals surface area contributed by atoms with Crippen LogP contribution in [0.25, 0.3) is 22.3 Å². The van der Waals surface area contributed by atoms with Gasteiger partial charge in [-0.05, 0) is 58.7 Å². The Morgan fingerprint density at radius 1 is 0.862 bits per heavy atom. The number of benzene rings is 3. The normalized spacial score (nSPS) is 10.9. The standard InChI is InChI=1S/C19H14ClF2NO3S.C2H6/c1-26-19-7-4-12(8-16(19)20)15-10-18(22)17(21)9-14(15)11-2-5-13(6-3-11)27(23,24)25;1-2/h2-10H,1H3,(H2,23,24,25);1-2H3. The molecule has 2 N–H and O–H groups in total. The number of halogens is 3. The van der Waals surface area contributed by atoms with Gasteiger partial charge in [0, 0.05) is 0 Å². The number of methoxy groups -OCH3 is 1. The van der Waals surface area contributed by atoms with Gasteiger partial charge in [-0.15, -0.1) is 0 Å². The Morgan fingerprint density at radius 2 is 1.34 bits per heavy atom. The van der Waals surface area contributed by atoms with Crippen molar-refractivity contribution in [2.45, 2.75) is 18.7 Å². The number of rotatable bonds is 4. The SMILES string of the molecule is CC.COc1ccc(-c2cc(F)c(F)cc2-c2ccc(S(N)(=O)=O)cc2)cc1Cl. The first-order valence-electron chi connectivity index (χ1n) is 8.67. The number of sulfonamides is 1. The highest BCUT2D eigenvalue weighted by Gasteiger charge is 2.16. The summed E-state index contributed by atoms with van der Waals surface area (Å²) in [4.78, 5) is -0.0807. The maximum atomic E-state index is 13.9. The van der Waals surface area contributed by atoms with E-state index in [1.54, 1.807) is 18.2 Å². The van der Waals surface area contributed by atoms with Crippen molar-refractivity contribution >= 4 is 21.6 Å². The summed E-state index contributed by atoms with van der Waals surface area (Å²) in [5, 5.41) is 5.41. The van der Waals surface area contributed by atoms with Crippen molar-refractivity contribution in [3.05, 3.63) is 71.3 Å². The van der Waals surface area contributed by atoms with Crippen LogP contribution in [-0.4, -0.2) is 15.5 Å². The number of primary sulfonamides is 1. The van der Waals surface area contributed by atoms with Gasteiger partial charge >= 0.3 is 0 Å². The molecule has 3 aromatic carbocycles. The largest absolute Gasteiger partial charge is 0.495 e. The summed E-state index contributed by atoms with van der Waals surface area (Å²) >= 11 is 6.15. The molecule has 0 spiro atoms. The summed E-state index contributed by atoms with van der Waals surface area (Å²) in [6, 6.07) is 12.5. The van der Waals surface area contributed by atoms with Crippen molar-refractivity contribution in [1.29, 1.82) is 0 Å². The van der Waals surface area contributed by atoms with E-state index >= 15 is 0 Å². The highest BCUT2D eigenvalue weighted by atomic mass is 35.5. The summed E-state index contributed by atoms with van der Waals surface area (Å²) in [5.74, 6) is -1.59. The van der Waals surface area contributed by atoms with E-state index in [0.717, 1.165) is 12.1 Å². The fourth-order valence-corrected chi connectivity index (χ4v) is 3.46. The molecular weight excluding hydrogens is 420 g/mol. The molecule has 4 nitrogen and oxygen atoms in total. The van der Waals surface area contributed by atoms with Crippen molar-refractivity contribution in [3.63, 3.8) is 0 Å². The van der Waals surface area contributed by atoms with E-state index in [1.165, 1.54) is 31.4 Å². The predicted molar refractivity (Wildman–Crippen MR) is 112 cm³/mol.